The van der Waals surface area contributed by atoms with Crippen LogP contribution in [-0.4, -0.2) is 32.7 Å². The summed E-state index contributed by atoms with van der Waals surface area (Å²) < 4.78 is 46.9. The molecule has 0 bridgehead atoms. The van der Waals surface area contributed by atoms with Gasteiger partial charge in [0.05, 0.1) is 29.0 Å². The molecule has 4 rings (SSSR count). The van der Waals surface area contributed by atoms with E-state index in [4.69, 9.17) is 4.74 Å². The van der Waals surface area contributed by atoms with Gasteiger partial charge in [0.15, 0.2) is 0 Å². The van der Waals surface area contributed by atoms with Gasteiger partial charge in [0.25, 0.3) is 0 Å². The number of imidazole rings is 1. The van der Waals surface area contributed by atoms with E-state index in [-0.39, 0.29) is 5.69 Å². The zero-order chi connectivity index (χ0) is 25.7. The number of hydrogen-bond acceptors (Lipinski definition) is 6. The SMILES string of the molecule is CNC(O)c1cc(Oc2ccc(NC(=O)Nc3cc(C(F)(F)F)ccc3-n3ccnc3)cc2)ccn1. The molecule has 2 heterocycles. The summed E-state index contributed by atoms with van der Waals surface area (Å²) in [6.07, 6.45) is 0.421. The minimum atomic E-state index is -4.57. The normalized spacial score (nSPS) is 12.1. The lowest BCUT2D eigenvalue weighted by atomic mass is 10.1. The molecular formula is C24H21F3N6O3. The number of benzene rings is 2. The van der Waals surface area contributed by atoms with E-state index in [0.29, 0.717) is 28.6 Å². The maximum atomic E-state index is 13.2. The number of halogens is 3. The lowest BCUT2D eigenvalue weighted by molar-refractivity contribution is -0.137. The molecule has 1 unspecified atom stereocenters. The van der Waals surface area contributed by atoms with E-state index in [1.165, 1.54) is 29.4 Å². The van der Waals surface area contributed by atoms with Crippen molar-refractivity contribution >= 4 is 17.4 Å². The Morgan fingerprint density at radius 3 is 2.47 bits per heavy atom. The molecule has 36 heavy (non-hydrogen) atoms. The first kappa shape index (κ1) is 24.7. The fraction of sp³-hybridized carbons (Fsp3) is 0.125. The van der Waals surface area contributed by atoms with Crippen molar-refractivity contribution in [3.05, 3.63) is 90.8 Å². The highest BCUT2D eigenvalue weighted by molar-refractivity contribution is 6.01. The molecule has 1 atom stereocenters. The third-order valence-electron chi connectivity index (χ3n) is 5.01. The number of rotatable bonds is 7. The van der Waals surface area contributed by atoms with Gasteiger partial charge in [-0.2, -0.15) is 13.2 Å². The number of nitrogens with one attached hydrogen (secondary N) is 3. The molecule has 0 radical (unpaired) electrons. The second kappa shape index (κ2) is 10.5. The highest BCUT2D eigenvalue weighted by atomic mass is 19.4. The molecule has 4 aromatic rings. The zero-order valence-corrected chi connectivity index (χ0v) is 18.8. The number of aliphatic hydroxyl groups excluding tert-OH is 1. The van der Waals surface area contributed by atoms with Crippen molar-refractivity contribution in [1.29, 1.82) is 0 Å². The van der Waals surface area contributed by atoms with E-state index < -0.39 is 24.0 Å². The predicted octanol–water partition coefficient (Wildman–Crippen LogP) is 4.93. The monoisotopic (exact) mass is 498 g/mol. The molecule has 2 aromatic carbocycles. The van der Waals surface area contributed by atoms with Gasteiger partial charge in [-0.3, -0.25) is 10.3 Å². The third-order valence-corrected chi connectivity index (χ3v) is 5.01. The second-order valence-electron chi connectivity index (χ2n) is 7.51. The summed E-state index contributed by atoms with van der Waals surface area (Å²) in [5.41, 5.74) is 0.147. The molecule has 0 aliphatic rings. The number of urea groups is 1. The van der Waals surface area contributed by atoms with Gasteiger partial charge in [-0.25, -0.2) is 9.78 Å². The molecule has 0 saturated heterocycles. The average Bonchev–Trinajstić information content (AvgIpc) is 3.39. The molecule has 0 aliphatic carbocycles. The predicted molar refractivity (Wildman–Crippen MR) is 126 cm³/mol. The van der Waals surface area contributed by atoms with Crippen LogP contribution in [-0.2, 0) is 6.18 Å². The first-order chi connectivity index (χ1) is 17.2. The summed E-state index contributed by atoms with van der Waals surface area (Å²) >= 11 is 0. The van der Waals surface area contributed by atoms with Crippen molar-refractivity contribution in [2.75, 3.05) is 17.7 Å². The van der Waals surface area contributed by atoms with Crippen LogP contribution in [0.4, 0.5) is 29.3 Å². The van der Waals surface area contributed by atoms with E-state index >= 15 is 0 Å². The minimum Gasteiger partial charge on any atom is -0.457 e. The summed E-state index contributed by atoms with van der Waals surface area (Å²) in [6.45, 7) is 0. The average molecular weight is 498 g/mol. The largest absolute Gasteiger partial charge is 0.457 e. The third kappa shape index (κ3) is 5.98. The lowest BCUT2D eigenvalue weighted by Crippen LogP contribution is -2.21. The number of anilines is 2. The maximum Gasteiger partial charge on any atom is 0.416 e. The van der Waals surface area contributed by atoms with Crippen LogP contribution in [0, 0.1) is 0 Å². The molecule has 0 saturated carbocycles. The van der Waals surface area contributed by atoms with Crippen molar-refractivity contribution in [3.8, 4) is 17.2 Å². The number of aliphatic hydroxyl groups is 1. The molecule has 0 spiro atoms. The molecular weight excluding hydrogens is 477 g/mol. The Labute approximate surface area is 203 Å². The first-order valence-corrected chi connectivity index (χ1v) is 10.6. The zero-order valence-electron chi connectivity index (χ0n) is 18.8. The fourth-order valence-corrected chi connectivity index (χ4v) is 3.26. The Morgan fingerprint density at radius 2 is 1.81 bits per heavy atom. The molecule has 0 aliphatic heterocycles. The highest BCUT2D eigenvalue weighted by Crippen LogP contribution is 2.33. The summed E-state index contributed by atoms with van der Waals surface area (Å²) in [4.78, 5) is 20.5. The van der Waals surface area contributed by atoms with Crippen molar-refractivity contribution in [3.63, 3.8) is 0 Å². The van der Waals surface area contributed by atoms with Gasteiger partial charge in [0.1, 0.15) is 17.7 Å². The fourth-order valence-electron chi connectivity index (χ4n) is 3.26. The van der Waals surface area contributed by atoms with Crippen LogP contribution in [0.5, 0.6) is 11.5 Å². The Balaban J connectivity index is 1.45. The van der Waals surface area contributed by atoms with Crippen LogP contribution >= 0.6 is 0 Å². The van der Waals surface area contributed by atoms with Crippen LogP contribution in [0.25, 0.3) is 5.69 Å². The lowest BCUT2D eigenvalue weighted by Gasteiger charge is -2.15. The number of nitrogens with zero attached hydrogens (tertiary/aromatic N) is 3. The minimum absolute atomic E-state index is 0.0440. The highest BCUT2D eigenvalue weighted by Gasteiger charge is 2.31. The van der Waals surface area contributed by atoms with Gasteiger partial charge in [0.2, 0.25) is 0 Å². The van der Waals surface area contributed by atoms with E-state index in [1.54, 1.807) is 49.6 Å². The molecule has 12 heteroatoms. The van der Waals surface area contributed by atoms with Crippen molar-refractivity contribution in [2.24, 2.45) is 0 Å². The van der Waals surface area contributed by atoms with Gasteiger partial charge < -0.3 is 25.0 Å². The number of alkyl halides is 3. The van der Waals surface area contributed by atoms with Crippen LogP contribution in [0.2, 0.25) is 0 Å². The number of amides is 2. The molecule has 4 N–H and O–H groups in total. The van der Waals surface area contributed by atoms with E-state index in [1.807, 2.05) is 0 Å². The van der Waals surface area contributed by atoms with E-state index in [9.17, 15) is 23.1 Å². The quantitative estimate of drug-likeness (QED) is 0.269. The second-order valence-corrected chi connectivity index (χ2v) is 7.51. The summed E-state index contributed by atoms with van der Waals surface area (Å²) in [6, 6.07) is 11.9. The smallest absolute Gasteiger partial charge is 0.416 e. The number of pyridine rings is 1. The van der Waals surface area contributed by atoms with Crippen LogP contribution in [0.3, 0.4) is 0 Å². The first-order valence-electron chi connectivity index (χ1n) is 10.6. The number of carbonyl (C=O) groups is 1. The number of ether oxygens (including phenoxy) is 1. The molecule has 9 nitrogen and oxygen atoms in total. The number of aromatic nitrogens is 3. The summed E-state index contributed by atoms with van der Waals surface area (Å²) in [5, 5.41) is 17.6. The van der Waals surface area contributed by atoms with Gasteiger partial charge in [-0.1, -0.05) is 0 Å². The van der Waals surface area contributed by atoms with Crippen molar-refractivity contribution in [2.45, 2.75) is 12.4 Å². The molecule has 2 aromatic heterocycles. The Kier molecular flexibility index (Phi) is 7.17. The van der Waals surface area contributed by atoms with Crippen molar-refractivity contribution in [1.82, 2.24) is 19.9 Å². The van der Waals surface area contributed by atoms with Gasteiger partial charge >= 0.3 is 12.2 Å². The standard InChI is InChI=1S/C24H21F3N6O3/c1-28-22(34)20-13-18(8-9-30-20)36-17-5-3-16(4-6-17)31-23(35)32-19-12-15(24(25,26)27)2-7-21(19)33-11-10-29-14-33/h2-14,22,28,34H,1H3,(H2,31,32,35). The van der Waals surface area contributed by atoms with E-state index in [2.05, 4.69) is 25.9 Å². The number of carbonyl (C=O) groups excluding carboxylic acids is 1. The topological polar surface area (TPSA) is 113 Å². The van der Waals surface area contributed by atoms with E-state index in [0.717, 1.165) is 12.1 Å². The van der Waals surface area contributed by atoms with Crippen LogP contribution < -0.4 is 20.7 Å². The van der Waals surface area contributed by atoms with Gasteiger partial charge in [-0.05, 0) is 55.6 Å². The Morgan fingerprint density at radius 1 is 1.03 bits per heavy atom. The van der Waals surface area contributed by atoms with Crippen LogP contribution in [0.1, 0.15) is 17.5 Å². The number of hydrogen-bond donors (Lipinski definition) is 4. The molecule has 0 fully saturated rings. The Hall–Kier alpha value is -4.42. The van der Waals surface area contributed by atoms with Crippen LogP contribution in [0.15, 0.2) is 79.5 Å². The molecule has 186 valence electrons. The van der Waals surface area contributed by atoms with Crippen molar-refractivity contribution < 1.29 is 27.8 Å². The summed E-state index contributed by atoms with van der Waals surface area (Å²) in [5.74, 6) is 0.904. The van der Waals surface area contributed by atoms with Gasteiger partial charge in [0, 0.05) is 30.3 Å². The van der Waals surface area contributed by atoms with Gasteiger partial charge in [-0.15, -0.1) is 0 Å². The summed E-state index contributed by atoms with van der Waals surface area (Å²) in [7, 11) is 1.59. The maximum absolute atomic E-state index is 13.2. The Bertz CT molecular complexity index is 1330. The molecule has 2 amide bonds.